The summed E-state index contributed by atoms with van der Waals surface area (Å²) in [5, 5.41) is 12.9. The van der Waals surface area contributed by atoms with Crippen molar-refractivity contribution in [2.75, 3.05) is 0 Å². The van der Waals surface area contributed by atoms with Crippen molar-refractivity contribution < 1.29 is 38.8 Å². The summed E-state index contributed by atoms with van der Waals surface area (Å²) >= 11 is 0. The molecular formula is C40H42F2IrNO2-. The smallest absolute Gasteiger partial charge is 0.164 e. The fourth-order valence-electron chi connectivity index (χ4n) is 5.27. The molecule has 6 heteroatoms. The van der Waals surface area contributed by atoms with Crippen LogP contribution in [0.1, 0.15) is 67.2 Å². The van der Waals surface area contributed by atoms with Gasteiger partial charge in [0.15, 0.2) is 5.78 Å². The van der Waals surface area contributed by atoms with E-state index in [9.17, 15) is 14.3 Å². The van der Waals surface area contributed by atoms with Crippen LogP contribution in [-0.4, -0.2) is 15.9 Å². The predicted octanol–water partition coefficient (Wildman–Crippen LogP) is 11.4. The zero-order chi connectivity index (χ0) is 32.8. The van der Waals surface area contributed by atoms with Gasteiger partial charge in [-0.2, -0.15) is 0 Å². The van der Waals surface area contributed by atoms with Crippen LogP contribution >= 0.6 is 0 Å². The van der Waals surface area contributed by atoms with Crippen molar-refractivity contribution in [3.05, 3.63) is 115 Å². The number of hydrogen-bond donors (Lipinski definition) is 1. The first-order valence-electron chi connectivity index (χ1n) is 15.7. The van der Waals surface area contributed by atoms with Crippen molar-refractivity contribution in [3.63, 3.8) is 0 Å². The minimum atomic E-state index is -0.605. The van der Waals surface area contributed by atoms with Crippen molar-refractivity contribution >= 4 is 27.3 Å². The molecule has 0 fully saturated rings. The first-order chi connectivity index (χ1) is 21.5. The molecule has 0 bridgehead atoms. The van der Waals surface area contributed by atoms with Crippen LogP contribution in [0.5, 0.6) is 0 Å². The van der Waals surface area contributed by atoms with Crippen molar-refractivity contribution in [2.45, 2.75) is 67.2 Å². The summed E-state index contributed by atoms with van der Waals surface area (Å²) in [4.78, 5) is 16.6. The van der Waals surface area contributed by atoms with Crippen LogP contribution < -0.4 is 0 Å². The number of fused-ring (bicyclic) bond motifs is 2. The molecule has 1 heterocycles. The molecule has 1 aromatic heterocycles. The van der Waals surface area contributed by atoms with E-state index in [1.807, 2.05) is 84.0 Å². The Morgan fingerprint density at radius 2 is 1.43 bits per heavy atom. The Kier molecular flexibility index (Phi) is 12.5. The second kappa shape index (κ2) is 15.7. The summed E-state index contributed by atoms with van der Waals surface area (Å²) in [6.45, 7) is 12.1. The molecule has 5 aromatic rings. The standard InChI is InChI=1S/C25H14F2N.C15H28O2.Ir/c26-22-15-21-20(24(27)23(22)17-7-2-1-3-8-17)12-13-28-25(21)19-11-10-16-6-4-5-9-18(16)14-19;1-7-14(5,8-2)12(16)11-13(17)15(6,9-3)10-4;/h1-13,15H;11,16H,7-10H2,1-6H3;/q-1;;/b;12-11-;. The Labute approximate surface area is 285 Å². The topological polar surface area (TPSA) is 50.2 Å². The molecule has 0 amide bonds. The fourth-order valence-corrected chi connectivity index (χ4v) is 5.27. The van der Waals surface area contributed by atoms with Crippen molar-refractivity contribution in [3.8, 4) is 22.4 Å². The third-order valence-electron chi connectivity index (χ3n) is 9.54. The van der Waals surface area contributed by atoms with Crippen LogP contribution in [0.25, 0.3) is 43.9 Å². The average molecular weight is 799 g/mol. The van der Waals surface area contributed by atoms with E-state index in [1.54, 1.807) is 36.5 Å². The molecule has 0 aliphatic rings. The van der Waals surface area contributed by atoms with Gasteiger partial charge in [-0.15, -0.1) is 29.7 Å². The maximum Gasteiger partial charge on any atom is 0.164 e. The van der Waals surface area contributed by atoms with E-state index in [4.69, 9.17) is 0 Å². The van der Waals surface area contributed by atoms with Gasteiger partial charge < -0.3 is 5.11 Å². The zero-order valence-electron chi connectivity index (χ0n) is 27.4. The zero-order valence-corrected chi connectivity index (χ0v) is 29.8. The Bertz CT molecular complexity index is 1830. The fraction of sp³-hybridized carbons (Fsp3) is 0.300. The summed E-state index contributed by atoms with van der Waals surface area (Å²) in [6.07, 6.45) is 6.31. The molecule has 0 spiro atoms. The van der Waals surface area contributed by atoms with Crippen LogP contribution in [0.2, 0.25) is 0 Å². The van der Waals surface area contributed by atoms with Crippen molar-refractivity contribution in [1.29, 1.82) is 0 Å². The Morgan fingerprint density at radius 3 is 2.07 bits per heavy atom. The Hall–Kier alpha value is -3.73. The minimum absolute atomic E-state index is 0. The van der Waals surface area contributed by atoms with Crippen LogP contribution in [0.3, 0.4) is 0 Å². The number of rotatable bonds is 9. The van der Waals surface area contributed by atoms with Gasteiger partial charge in [0.1, 0.15) is 17.4 Å². The average Bonchev–Trinajstić information content (AvgIpc) is 3.07. The molecule has 0 unspecified atom stereocenters. The van der Waals surface area contributed by atoms with Gasteiger partial charge in [-0.05, 0) is 48.8 Å². The second-order valence-corrected chi connectivity index (χ2v) is 12.1. The van der Waals surface area contributed by atoms with Gasteiger partial charge in [0, 0.05) is 54.3 Å². The Morgan fingerprint density at radius 1 is 0.826 bits per heavy atom. The number of ketones is 1. The molecule has 0 saturated carbocycles. The summed E-state index contributed by atoms with van der Waals surface area (Å²) in [5.41, 5.74) is 1.10. The molecule has 1 radical (unpaired) electrons. The maximum absolute atomic E-state index is 15.3. The third kappa shape index (κ3) is 7.62. The number of pyridine rings is 1. The summed E-state index contributed by atoms with van der Waals surface area (Å²) in [6, 6.07) is 26.7. The van der Waals surface area contributed by atoms with E-state index < -0.39 is 11.6 Å². The van der Waals surface area contributed by atoms with Gasteiger partial charge in [-0.25, -0.2) is 8.78 Å². The molecule has 4 aromatic carbocycles. The molecule has 0 saturated heterocycles. The largest absolute Gasteiger partial charge is 0.512 e. The maximum atomic E-state index is 15.3. The van der Waals surface area contributed by atoms with Gasteiger partial charge in [-0.1, -0.05) is 101 Å². The number of benzene rings is 4. The predicted molar refractivity (Wildman–Crippen MR) is 182 cm³/mol. The number of aromatic nitrogens is 1. The molecule has 46 heavy (non-hydrogen) atoms. The van der Waals surface area contributed by atoms with Crippen LogP contribution in [-0.2, 0) is 24.9 Å². The minimum Gasteiger partial charge on any atom is -0.512 e. The summed E-state index contributed by atoms with van der Waals surface area (Å²) in [5.74, 6) is -0.898. The van der Waals surface area contributed by atoms with E-state index in [2.05, 4.69) is 11.1 Å². The molecule has 0 aliphatic heterocycles. The van der Waals surface area contributed by atoms with Gasteiger partial charge in [0.05, 0.1) is 5.56 Å². The summed E-state index contributed by atoms with van der Waals surface area (Å²) in [7, 11) is 0. The molecule has 0 aliphatic carbocycles. The molecule has 243 valence electrons. The number of halogens is 2. The molecule has 0 atom stereocenters. The number of aliphatic hydroxyl groups excluding tert-OH is 1. The SMILES string of the molecule is CCC(C)(CC)C(=O)/C=C(\O)C(C)(CC)CC.Fc1cc2c(-c3[c-]c4ccccc4cc3)nccc2c(F)c1-c1ccccc1.[Ir]. The molecule has 5 rings (SSSR count). The van der Waals surface area contributed by atoms with Crippen LogP contribution in [0, 0.1) is 28.5 Å². The van der Waals surface area contributed by atoms with E-state index >= 15 is 4.39 Å². The van der Waals surface area contributed by atoms with Gasteiger partial charge in [0.25, 0.3) is 0 Å². The van der Waals surface area contributed by atoms with Gasteiger partial charge >= 0.3 is 0 Å². The number of carbonyl (C=O) groups is 1. The first kappa shape index (κ1) is 36.7. The van der Waals surface area contributed by atoms with E-state index in [1.165, 1.54) is 12.1 Å². The van der Waals surface area contributed by atoms with Gasteiger partial charge in [-0.3, -0.25) is 9.78 Å². The van der Waals surface area contributed by atoms with Gasteiger partial charge in [0.2, 0.25) is 0 Å². The number of nitrogens with zero attached hydrogens (tertiary/aromatic N) is 1. The van der Waals surface area contributed by atoms with Crippen molar-refractivity contribution in [2.24, 2.45) is 10.8 Å². The normalized spacial score (nSPS) is 12.0. The number of allylic oxidation sites excluding steroid dienone is 2. The first-order valence-corrected chi connectivity index (χ1v) is 15.7. The number of carbonyl (C=O) groups excluding carboxylic acids is 1. The van der Waals surface area contributed by atoms with Crippen molar-refractivity contribution in [1.82, 2.24) is 4.98 Å². The molecular weight excluding hydrogens is 757 g/mol. The van der Waals surface area contributed by atoms with E-state index in [0.717, 1.165) is 36.5 Å². The summed E-state index contributed by atoms with van der Waals surface area (Å²) < 4.78 is 30.2. The number of hydrogen-bond acceptors (Lipinski definition) is 3. The molecule has 3 nitrogen and oxygen atoms in total. The number of aliphatic hydroxyl groups is 1. The van der Waals surface area contributed by atoms with E-state index in [0.29, 0.717) is 27.6 Å². The van der Waals surface area contributed by atoms with E-state index in [-0.39, 0.29) is 48.0 Å². The van der Waals surface area contributed by atoms with Crippen LogP contribution in [0.4, 0.5) is 8.78 Å². The Balaban J connectivity index is 0.000000280. The monoisotopic (exact) mass is 799 g/mol. The van der Waals surface area contributed by atoms with Crippen LogP contribution in [0.15, 0.2) is 96.9 Å². The molecule has 1 N–H and O–H groups in total. The second-order valence-electron chi connectivity index (χ2n) is 12.1. The third-order valence-corrected chi connectivity index (χ3v) is 9.54. The quantitative estimate of drug-likeness (QED) is 0.0918.